The molecule has 3 aliphatic heterocycles. The second kappa shape index (κ2) is 17.9. The Kier molecular flexibility index (Phi) is 15.8. The van der Waals surface area contributed by atoms with Crippen molar-refractivity contribution in [3.05, 3.63) is 41.5 Å². The third-order valence-corrected chi connectivity index (χ3v) is 6.03. The normalized spacial score (nSPS) is 20.6. The third kappa shape index (κ3) is 9.69. The highest BCUT2D eigenvalue weighted by atomic mass is 16.2. The number of hydrogen-bond donors (Lipinski definition) is 5. The third-order valence-electron chi connectivity index (χ3n) is 6.03. The average Bonchev–Trinajstić information content (AvgIpc) is 3.45. The van der Waals surface area contributed by atoms with Gasteiger partial charge in [0.1, 0.15) is 12.3 Å². The number of guanidine groups is 1. The van der Waals surface area contributed by atoms with E-state index in [4.69, 9.17) is 10.7 Å². The van der Waals surface area contributed by atoms with Gasteiger partial charge in [0, 0.05) is 49.5 Å². The van der Waals surface area contributed by atoms with Gasteiger partial charge in [0.25, 0.3) is 5.91 Å². The quantitative estimate of drug-likeness (QED) is 0.357. The Hall–Kier alpha value is -2.46. The first-order valence-corrected chi connectivity index (χ1v) is 14.6. The lowest BCUT2D eigenvalue weighted by Crippen LogP contribution is -2.51. The Morgan fingerprint density at radius 1 is 1.03 bits per heavy atom. The van der Waals surface area contributed by atoms with Crippen molar-refractivity contribution in [3.8, 4) is 0 Å². The van der Waals surface area contributed by atoms with E-state index in [1.165, 1.54) is 0 Å². The van der Waals surface area contributed by atoms with Gasteiger partial charge in [-0.05, 0) is 57.4 Å². The molecule has 0 radical (unpaired) electrons. The van der Waals surface area contributed by atoms with E-state index in [0.29, 0.717) is 11.6 Å². The van der Waals surface area contributed by atoms with Crippen LogP contribution < -0.4 is 27.2 Å². The molecule has 6 N–H and O–H groups in total. The minimum Gasteiger partial charge on any atom is -0.339 e. The predicted molar refractivity (Wildman–Crippen MR) is 162 cm³/mol. The lowest BCUT2D eigenvalue weighted by molar-refractivity contribution is 0.0714. The van der Waals surface area contributed by atoms with Gasteiger partial charge in [0.2, 0.25) is 5.96 Å². The topological polar surface area (TPSA) is 110 Å². The summed E-state index contributed by atoms with van der Waals surface area (Å²) in [5, 5.41) is 7.01. The maximum atomic E-state index is 13.0. The van der Waals surface area contributed by atoms with E-state index in [2.05, 4.69) is 46.3 Å². The fourth-order valence-corrected chi connectivity index (χ4v) is 4.24. The number of hydrazine groups is 1. The molecule has 1 amide bonds. The van der Waals surface area contributed by atoms with Crippen LogP contribution in [0.2, 0.25) is 0 Å². The number of likely N-dealkylation sites (tertiary alicyclic amines) is 1. The van der Waals surface area contributed by atoms with Crippen molar-refractivity contribution in [2.45, 2.75) is 99.6 Å². The molecular weight excluding hydrogens is 476 g/mol. The number of nitrogens with zero attached hydrogens (tertiary/aromatic N) is 3. The van der Waals surface area contributed by atoms with Crippen LogP contribution in [0.5, 0.6) is 0 Å². The lowest BCUT2D eigenvalue weighted by atomic mass is 10.0. The van der Waals surface area contributed by atoms with Crippen molar-refractivity contribution < 1.29 is 4.79 Å². The molecule has 2 fully saturated rings. The SMILES string of the molecule is CC.CC.CC.CC(C)NNC(C)/N=C1\NC(c2cccc(C(=O)N3CCC(N)CC3)c2)=CC2NCCN12. The van der Waals surface area contributed by atoms with E-state index in [1.54, 1.807) is 0 Å². The number of aliphatic imine (C=N–C) groups is 1. The molecule has 9 heteroatoms. The van der Waals surface area contributed by atoms with Crippen LogP contribution in [-0.2, 0) is 0 Å². The van der Waals surface area contributed by atoms with E-state index < -0.39 is 0 Å². The summed E-state index contributed by atoms with van der Waals surface area (Å²) >= 11 is 0. The number of hydrogen-bond acceptors (Lipinski definition) is 6. The maximum absolute atomic E-state index is 13.0. The maximum Gasteiger partial charge on any atom is 0.253 e. The highest BCUT2D eigenvalue weighted by Crippen LogP contribution is 2.22. The van der Waals surface area contributed by atoms with Gasteiger partial charge < -0.3 is 20.9 Å². The van der Waals surface area contributed by atoms with Gasteiger partial charge in [-0.15, -0.1) is 0 Å². The van der Waals surface area contributed by atoms with Crippen LogP contribution in [0.1, 0.15) is 91.1 Å². The first-order chi connectivity index (χ1) is 18.4. The zero-order valence-electron chi connectivity index (χ0n) is 25.3. The number of benzene rings is 1. The number of carbonyl (C=O) groups excluding carboxylic acids is 1. The molecule has 0 aliphatic carbocycles. The summed E-state index contributed by atoms with van der Waals surface area (Å²) in [4.78, 5) is 22.0. The number of fused-ring (bicyclic) bond motifs is 1. The Morgan fingerprint density at radius 2 is 1.68 bits per heavy atom. The fourth-order valence-electron chi connectivity index (χ4n) is 4.24. The Balaban J connectivity index is 0.00000112. The van der Waals surface area contributed by atoms with E-state index in [1.807, 2.05) is 77.6 Å². The van der Waals surface area contributed by atoms with Crippen LogP contribution in [0.3, 0.4) is 0 Å². The molecule has 3 aliphatic rings. The monoisotopic (exact) mass is 530 g/mol. The zero-order chi connectivity index (χ0) is 28.7. The summed E-state index contributed by atoms with van der Waals surface area (Å²) in [7, 11) is 0. The molecule has 38 heavy (non-hydrogen) atoms. The van der Waals surface area contributed by atoms with Crippen LogP contribution >= 0.6 is 0 Å². The molecule has 4 rings (SSSR count). The molecule has 1 aromatic carbocycles. The molecule has 0 saturated carbocycles. The van der Waals surface area contributed by atoms with E-state index in [9.17, 15) is 4.79 Å². The van der Waals surface area contributed by atoms with Crippen molar-refractivity contribution in [2.24, 2.45) is 10.7 Å². The van der Waals surface area contributed by atoms with Gasteiger partial charge in [-0.3, -0.25) is 15.5 Å². The van der Waals surface area contributed by atoms with Crippen molar-refractivity contribution in [2.75, 3.05) is 26.2 Å². The highest BCUT2D eigenvalue weighted by molar-refractivity contribution is 5.97. The predicted octanol–water partition coefficient (Wildman–Crippen LogP) is 3.71. The number of carbonyl (C=O) groups is 1. The van der Waals surface area contributed by atoms with Gasteiger partial charge in [0.05, 0.1) is 0 Å². The zero-order valence-corrected chi connectivity index (χ0v) is 25.3. The van der Waals surface area contributed by atoms with E-state index in [0.717, 1.165) is 56.2 Å². The largest absolute Gasteiger partial charge is 0.339 e. The summed E-state index contributed by atoms with van der Waals surface area (Å²) in [6.07, 6.45) is 3.87. The van der Waals surface area contributed by atoms with Crippen molar-refractivity contribution in [1.82, 2.24) is 31.3 Å². The smallest absolute Gasteiger partial charge is 0.253 e. The summed E-state index contributed by atoms with van der Waals surface area (Å²) in [6, 6.07) is 8.37. The summed E-state index contributed by atoms with van der Waals surface area (Å²) < 4.78 is 0. The second-order valence-corrected chi connectivity index (χ2v) is 9.08. The standard InChI is InChI=1S/C23H36N8O.3C2H6/c1-15(2)28-29-16(3)26-23-27-20(14-21-25-9-12-31(21)23)17-5-4-6-18(13-17)22(32)30-10-7-19(24)8-11-30;3*1-2/h4-6,13-16,19,21,25,28-29H,7-12,24H2,1-3H3,(H,26,27);3*1-2H3. The Morgan fingerprint density at radius 3 is 2.32 bits per heavy atom. The summed E-state index contributed by atoms with van der Waals surface area (Å²) in [5.74, 6) is 0.895. The van der Waals surface area contributed by atoms with Crippen LogP contribution in [0.4, 0.5) is 0 Å². The van der Waals surface area contributed by atoms with Gasteiger partial charge in [-0.1, -0.05) is 53.7 Å². The van der Waals surface area contributed by atoms with Crippen LogP contribution in [0.15, 0.2) is 35.3 Å². The Bertz CT molecular complexity index is 877. The van der Waals surface area contributed by atoms with Crippen LogP contribution in [0, 0.1) is 0 Å². The molecule has 0 bridgehead atoms. The molecule has 216 valence electrons. The summed E-state index contributed by atoms with van der Waals surface area (Å²) in [6.45, 7) is 21.4. The minimum absolute atomic E-state index is 0.0715. The van der Waals surface area contributed by atoms with E-state index in [-0.39, 0.29) is 24.3 Å². The molecule has 2 atom stereocenters. The lowest BCUT2D eigenvalue weighted by Gasteiger charge is -2.33. The average molecular weight is 531 g/mol. The first kappa shape index (κ1) is 33.6. The molecule has 9 nitrogen and oxygen atoms in total. The highest BCUT2D eigenvalue weighted by Gasteiger charge is 2.31. The molecule has 3 heterocycles. The van der Waals surface area contributed by atoms with E-state index >= 15 is 0 Å². The summed E-state index contributed by atoms with van der Waals surface area (Å²) in [5.41, 5.74) is 15.1. The van der Waals surface area contributed by atoms with Crippen LogP contribution in [0.25, 0.3) is 5.70 Å². The number of piperidine rings is 1. The number of nitrogens with two attached hydrogens (primary N) is 1. The Labute approximate surface area is 231 Å². The molecular formula is C29H54N8O. The molecule has 1 aromatic rings. The number of amides is 1. The van der Waals surface area contributed by atoms with Crippen molar-refractivity contribution >= 4 is 17.6 Å². The van der Waals surface area contributed by atoms with Crippen molar-refractivity contribution in [3.63, 3.8) is 0 Å². The molecule has 0 aromatic heterocycles. The fraction of sp³-hybridized carbons (Fsp3) is 0.655. The van der Waals surface area contributed by atoms with Gasteiger partial charge >= 0.3 is 0 Å². The van der Waals surface area contributed by atoms with Gasteiger partial charge in [-0.2, -0.15) is 0 Å². The number of nitrogens with one attached hydrogen (secondary N) is 4. The number of rotatable bonds is 6. The molecule has 2 unspecified atom stereocenters. The van der Waals surface area contributed by atoms with Crippen molar-refractivity contribution in [1.29, 1.82) is 0 Å². The minimum atomic E-state index is -0.0983. The first-order valence-electron chi connectivity index (χ1n) is 14.6. The van der Waals surface area contributed by atoms with Crippen LogP contribution in [-0.4, -0.2) is 72.3 Å². The van der Waals surface area contributed by atoms with Gasteiger partial charge in [-0.25, -0.2) is 10.4 Å². The molecule has 0 spiro atoms. The second-order valence-electron chi connectivity index (χ2n) is 9.08. The molecule has 2 saturated heterocycles. The van der Waals surface area contributed by atoms with Gasteiger partial charge in [0.15, 0.2) is 0 Å².